The van der Waals surface area contributed by atoms with Crippen LogP contribution < -0.4 is 0 Å². The lowest BCUT2D eigenvalue weighted by Gasteiger charge is -2.21. The summed E-state index contributed by atoms with van der Waals surface area (Å²) in [6.07, 6.45) is 4.97. The van der Waals surface area contributed by atoms with E-state index in [9.17, 15) is 5.11 Å². The fourth-order valence-electron chi connectivity index (χ4n) is 3.38. The topological polar surface area (TPSA) is 71.6 Å². The van der Waals surface area contributed by atoms with Crippen molar-refractivity contribution in [1.82, 2.24) is 15.0 Å². The highest BCUT2D eigenvalue weighted by Gasteiger charge is 2.27. The van der Waals surface area contributed by atoms with Gasteiger partial charge in [-0.25, -0.2) is 0 Å². The summed E-state index contributed by atoms with van der Waals surface area (Å²) in [5.41, 5.74) is 0. The molecule has 1 saturated carbocycles. The first-order chi connectivity index (χ1) is 10.2. The van der Waals surface area contributed by atoms with Crippen LogP contribution in [0.3, 0.4) is 0 Å². The standard InChI is InChI=1S/C15H25N3O3/c1-18(9-12-3-2-4-13(12)19)10-14-16-15(21-17-14)11-5-7-20-8-6-11/h11-13,19H,2-10H2,1H3. The predicted molar refractivity (Wildman–Crippen MR) is 76.8 cm³/mol. The van der Waals surface area contributed by atoms with E-state index >= 15 is 0 Å². The summed E-state index contributed by atoms with van der Waals surface area (Å²) in [6.45, 7) is 3.13. The number of rotatable bonds is 5. The summed E-state index contributed by atoms with van der Waals surface area (Å²) in [7, 11) is 2.05. The predicted octanol–water partition coefficient (Wildman–Crippen LogP) is 1.56. The Labute approximate surface area is 125 Å². The molecule has 6 heteroatoms. The fourth-order valence-corrected chi connectivity index (χ4v) is 3.38. The first-order valence-corrected chi connectivity index (χ1v) is 7.99. The molecular weight excluding hydrogens is 270 g/mol. The van der Waals surface area contributed by atoms with Gasteiger partial charge in [-0.05, 0) is 38.6 Å². The van der Waals surface area contributed by atoms with Crippen LogP contribution in [-0.4, -0.2) is 53.1 Å². The summed E-state index contributed by atoms with van der Waals surface area (Å²) < 4.78 is 10.8. The summed E-state index contributed by atoms with van der Waals surface area (Å²) in [5, 5.41) is 14.0. The van der Waals surface area contributed by atoms with Gasteiger partial charge in [0, 0.05) is 25.7 Å². The molecule has 21 heavy (non-hydrogen) atoms. The maximum atomic E-state index is 9.89. The van der Waals surface area contributed by atoms with E-state index in [0.29, 0.717) is 18.4 Å². The van der Waals surface area contributed by atoms with E-state index in [1.54, 1.807) is 0 Å². The molecule has 1 aromatic heterocycles. The SMILES string of the molecule is CN(Cc1noc(C2CCOCC2)n1)CC1CCCC1O. The van der Waals surface area contributed by atoms with Gasteiger partial charge in [0.25, 0.3) is 0 Å². The smallest absolute Gasteiger partial charge is 0.229 e. The van der Waals surface area contributed by atoms with Crippen molar-refractivity contribution in [3.05, 3.63) is 11.7 Å². The van der Waals surface area contributed by atoms with E-state index < -0.39 is 0 Å². The number of aliphatic hydroxyl groups is 1. The molecule has 6 nitrogen and oxygen atoms in total. The van der Waals surface area contributed by atoms with Crippen molar-refractivity contribution >= 4 is 0 Å². The van der Waals surface area contributed by atoms with Gasteiger partial charge in [-0.2, -0.15) is 4.98 Å². The summed E-state index contributed by atoms with van der Waals surface area (Å²) in [4.78, 5) is 6.71. The zero-order chi connectivity index (χ0) is 14.7. The molecule has 2 heterocycles. The van der Waals surface area contributed by atoms with Gasteiger partial charge in [0.05, 0.1) is 12.6 Å². The summed E-state index contributed by atoms with van der Waals surface area (Å²) in [6, 6.07) is 0. The van der Waals surface area contributed by atoms with Gasteiger partial charge in [-0.15, -0.1) is 0 Å². The summed E-state index contributed by atoms with van der Waals surface area (Å²) >= 11 is 0. The average molecular weight is 295 g/mol. The zero-order valence-corrected chi connectivity index (χ0v) is 12.7. The molecule has 1 saturated heterocycles. The third-order valence-corrected chi connectivity index (χ3v) is 4.63. The second-order valence-electron chi connectivity index (χ2n) is 6.39. The van der Waals surface area contributed by atoms with Crippen molar-refractivity contribution in [3.8, 4) is 0 Å². The lowest BCUT2D eigenvalue weighted by molar-refractivity contribution is 0.0778. The van der Waals surface area contributed by atoms with Gasteiger partial charge in [0.2, 0.25) is 5.89 Å². The second-order valence-corrected chi connectivity index (χ2v) is 6.39. The normalized spacial score (nSPS) is 27.6. The second kappa shape index (κ2) is 6.85. The number of hydrogen-bond acceptors (Lipinski definition) is 6. The summed E-state index contributed by atoms with van der Waals surface area (Å²) in [5.74, 6) is 2.23. The van der Waals surface area contributed by atoms with Crippen molar-refractivity contribution in [2.24, 2.45) is 5.92 Å². The van der Waals surface area contributed by atoms with Crippen molar-refractivity contribution in [2.45, 2.75) is 50.7 Å². The molecule has 1 aliphatic heterocycles. The Kier molecular flexibility index (Phi) is 4.87. The maximum absolute atomic E-state index is 9.89. The minimum atomic E-state index is -0.143. The molecule has 0 bridgehead atoms. The molecule has 1 aliphatic carbocycles. The highest BCUT2D eigenvalue weighted by molar-refractivity contribution is 4.95. The van der Waals surface area contributed by atoms with E-state index in [4.69, 9.17) is 9.26 Å². The fraction of sp³-hybridized carbons (Fsp3) is 0.867. The van der Waals surface area contributed by atoms with E-state index in [2.05, 4.69) is 22.1 Å². The maximum Gasteiger partial charge on any atom is 0.229 e. The molecule has 2 atom stereocenters. The Bertz CT molecular complexity index is 445. The Morgan fingerprint density at radius 2 is 2.05 bits per heavy atom. The number of ether oxygens (including phenoxy) is 1. The molecule has 0 radical (unpaired) electrons. The van der Waals surface area contributed by atoms with Crippen LogP contribution in [0.5, 0.6) is 0 Å². The van der Waals surface area contributed by atoms with Crippen LogP contribution in [0.1, 0.15) is 49.7 Å². The van der Waals surface area contributed by atoms with Crippen LogP contribution in [0.2, 0.25) is 0 Å². The van der Waals surface area contributed by atoms with Crippen LogP contribution in [0.15, 0.2) is 4.52 Å². The quantitative estimate of drug-likeness (QED) is 0.889. The van der Waals surface area contributed by atoms with E-state index in [1.165, 1.54) is 0 Å². The third kappa shape index (κ3) is 3.81. The van der Waals surface area contributed by atoms with Gasteiger partial charge in [0.1, 0.15) is 0 Å². The Hall–Kier alpha value is -0.980. The van der Waals surface area contributed by atoms with Crippen molar-refractivity contribution in [1.29, 1.82) is 0 Å². The molecule has 1 N–H and O–H groups in total. The highest BCUT2D eigenvalue weighted by Crippen LogP contribution is 2.27. The van der Waals surface area contributed by atoms with Gasteiger partial charge in [-0.3, -0.25) is 4.90 Å². The Balaban J connectivity index is 1.51. The van der Waals surface area contributed by atoms with E-state index in [-0.39, 0.29) is 6.10 Å². The monoisotopic (exact) mass is 295 g/mol. The molecule has 2 aliphatic rings. The number of aromatic nitrogens is 2. The van der Waals surface area contributed by atoms with Crippen molar-refractivity contribution < 1.29 is 14.4 Å². The van der Waals surface area contributed by atoms with Crippen LogP contribution >= 0.6 is 0 Å². The Morgan fingerprint density at radius 3 is 2.76 bits per heavy atom. The first-order valence-electron chi connectivity index (χ1n) is 7.99. The zero-order valence-electron chi connectivity index (χ0n) is 12.7. The minimum absolute atomic E-state index is 0.143. The largest absolute Gasteiger partial charge is 0.393 e. The number of aliphatic hydroxyl groups excluding tert-OH is 1. The van der Waals surface area contributed by atoms with Crippen molar-refractivity contribution in [2.75, 3.05) is 26.8 Å². The van der Waals surface area contributed by atoms with Crippen molar-refractivity contribution in [3.63, 3.8) is 0 Å². The number of hydrogen-bond donors (Lipinski definition) is 1. The molecule has 3 rings (SSSR count). The third-order valence-electron chi connectivity index (χ3n) is 4.63. The average Bonchev–Trinajstić information content (AvgIpc) is 3.10. The minimum Gasteiger partial charge on any atom is -0.393 e. The lowest BCUT2D eigenvalue weighted by atomic mass is 10.0. The molecule has 0 spiro atoms. The number of nitrogens with zero attached hydrogens (tertiary/aromatic N) is 3. The van der Waals surface area contributed by atoms with Gasteiger partial charge in [0.15, 0.2) is 5.82 Å². The van der Waals surface area contributed by atoms with Gasteiger partial charge in [-0.1, -0.05) is 11.6 Å². The highest BCUT2D eigenvalue weighted by atomic mass is 16.5. The lowest BCUT2D eigenvalue weighted by Crippen LogP contribution is -2.29. The molecule has 0 amide bonds. The van der Waals surface area contributed by atoms with Gasteiger partial charge >= 0.3 is 0 Å². The molecule has 0 aromatic carbocycles. The Morgan fingerprint density at radius 1 is 1.24 bits per heavy atom. The molecular formula is C15H25N3O3. The van der Waals surface area contributed by atoms with Crippen LogP contribution in [0, 0.1) is 5.92 Å². The molecule has 118 valence electrons. The van der Waals surface area contributed by atoms with Crippen LogP contribution in [0.4, 0.5) is 0 Å². The van der Waals surface area contributed by atoms with Gasteiger partial charge < -0.3 is 14.4 Å². The van der Waals surface area contributed by atoms with Crippen LogP contribution in [-0.2, 0) is 11.3 Å². The van der Waals surface area contributed by atoms with Crippen LogP contribution in [0.25, 0.3) is 0 Å². The molecule has 1 aromatic rings. The van der Waals surface area contributed by atoms with E-state index in [0.717, 1.165) is 63.6 Å². The molecule has 2 fully saturated rings. The first kappa shape index (κ1) is 14.9. The van der Waals surface area contributed by atoms with E-state index in [1.807, 2.05) is 0 Å². The molecule has 2 unspecified atom stereocenters.